The van der Waals surface area contributed by atoms with E-state index in [-0.39, 0.29) is 0 Å². The van der Waals surface area contributed by atoms with Crippen LogP contribution in [0.15, 0.2) is 218 Å². The van der Waals surface area contributed by atoms with E-state index in [1.54, 1.807) is 0 Å². The smallest absolute Gasteiger partial charge is 0.238 e. The lowest BCUT2D eigenvalue weighted by atomic mass is 9.93. The summed E-state index contributed by atoms with van der Waals surface area (Å²) in [6.07, 6.45) is 0. The van der Waals surface area contributed by atoms with Crippen molar-refractivity contribution in [3.63, 3.8) is 0 Å². The first-order valence-electron chi connectivity index (χ1n) is 20.7. The largest absolute Gasteiger partial charge is 0.277 e. The zero-order valence-corrected chi connectivity index (χ0v) is 33.1. The molecule has 0 bridgehead atoms. The molecule has 2 heterocycles. The molecule has 0 saturated carbocycles. The summed E-state index contributed by atoms with van der Waals surface area (Å²) in [5, 5.41) is 9.54. The minimum atomic E-state index is 0.559. The van der Waals surface area contributed by atoms with Crippen LogP contribution in [0.2, 0.25) is 0 Å². The van der Waals surface area contributed by atoms with Crippen LogP contribution < -0.4 is 0 Å². The second-order valence-electron chi connectivity index (χ2n) is 15.6. The Kier molecular flexibility index (Phi) is 8.13. The normalized spacial score (nSPS) is 11.6. The lowest BCUT2D eigenvalue weighted by molar-refractivity contribution is 0.954. The van der Waals surface area contributed by atoms with Crippen molar-refractivity contribution in [2.75, 3.05) is 0 Å². The van der Waals surface area contributed by atoms with Crippen LogP contribution in [0.4, 0.5) is 0 Å². The second-order valence-corrected chi connectivity index (χ2v) is 15.6. The average Bonchev–Trinajstić information content (AvgIpc) is 3.68. The maximum absolute atomic E-state index is 5.46. The molecule has 12 aromatic rings. The summed E-state index contributed by atoms with van der Waals surface area (Å²) in [7, 11) is 0. The van der Waals surface area contributed by atoms with Crippen molar-refractivity contribution >= 4 is 54.1 Å². The third-order valence-electron chi connectivity index (χ3n) is 12.0. The molecule has 0 fully saturated rings. The molecule has 0 saturated heterocycles. The Labute approximate surface area is 352 Å². The topological polar surface area (TPSA) is 43.6 Å². The zero-order valence-electron chi connectivity index (χ0n) is 33.1. The lowest BCUT2D eigenvalue weighted by Gasteiger charge is -2.15. The molecular formula is C57H36N4. The maximum Gasteiger partial charge on any atom is 0.238 e. The van der Waals surface area contributed by atoms with Gasteiger partial charge in [0.1, 0.15) is 0 Å². The van der Waals surface area contributed by atoms with E-state index in [2.05, 4.69) is 205 Å². The minimum Gasteiger partial charge on any atom is -0.277 e. The van der Waals surface area contributed by atoms with Crippen LogP contribution in [-0.2, 0) is 0 Å². The number of benzene rings is 10. The van der Waals surface area contributed by atoms with Gasteiger partial charge in [0.2, 0.25) is 5.95 Å². The SMILES string of the molecule is c1ccc(-c2cccc(-c3cccc4c5ccc(-c6ccccc6)cc5n(-c5nc(-c6ccccc6)nc(-c6ccc7c8ccccc8c8ccccc8c7c6)n5)c34)c2)cc1. The van der Waals surface area contributed by atoms with E-state index < -0.39 is 0 Å². The van der Waals surface area contributed by atoms with Crippen LogP contribution in [0.3, 0.4) is 0 Å². The van der Waals surface area contributed by atoms with Gasteiger partial charge in [-0.25, -0.2) is 4.98 Å². The fraction of sp³-hybridized carbons (Fsp3) is 0. The van der Waals surface area contributed by atoms with E-state index in [1.807, 2.05) is 18.2 Å². The molecule has 284 valence electrons. The summed E-state index contributed by atoms with van der Waals surface area (Å²) in [5.74, 6) is 1.78. The number of rotatable bonds is 6. The van der Waals surface area contributed by atoms with Crippen LogP contribution in [-0.4, -0.2) is 19.5 Å². The van der Waals surface area contributed by atoms with E-state index in [0.29, 0.717) is 17.6 Å². The van der Waals surface area contributed by atoms with Gasteiger partial charge in [-0.05, 0) is 78.3 Å². The van der Waals surface area contributed by atoms with Gasteiger partial charge in [-0.1, -0.05) is 200 Å². The van der Waals surface area contributed by atoms with Crippen LogP contribution >= 0.6 is 0 Å². The number of fused-ring (bicyclic) bond motifs is 9. The van der Waals surface area contributed by atoms with Crippen LogP contribution in [0.5, 0.6) is 0 Å². The third kappa shape index (κ3) is 5.88. The lowest BCUT2D eigenvalue weighted by Crippen LogP contribution is -2.07. The highest BCUT2D eigenvalue weighted by molar-refractivity contribution is 6.25. The van der Waals surface area contributed by atoms with Crippen molar-refractivity contribution in [2.24, 2.45) is 0 Å². The summed E-state index contributed by atoms with van der Waals surface area (Å²) >= 11 is 0. The third-order valence-corrected chi connectivity index (χ3v) is 12.0. The van der Waals surface area contributed by atoms with Gasteiger partial charge in [0.25, 0.3) is 0 Å². The van der Waals surface area contributed by atoms with Crippen molar-refractivity contribution in [1.29, 1.82) is 0 Å². The van der Waals surface area contributed by atoms with Crippen molar-refractivity contribution in [1.82, 2.24) is 19.5 Å². The summed E-state index contributed by atoms with van der Waals surface area (Å²) in [6, 6.07) is 77.6. The van der Waals surface area contributed by atoms with Gasteiger partial charge in [-0.15, -0.1) is 0 Å². The van der Waals surface area contributed by atoms with Gasteiger partial charge in [0.05, 0.1) is 11.0 Å². The summed E-state index contributed by atoms with van der Waals surface area (Å²) in [5.41, 5.74) is 10.7. The van der Waals surface area contributed by atoms with E-state index in [4.69, 9.17) is 15.0 Å². The Bertz CT molecular complexity index is 3600. The average molecular weight is 777 g/mol. The molecule has 0 unspecified atom stereocenters. The van der Waals surface area contributed by atoms with E-state index in [1.165, 1.54) is 37.9 Å². The van der Waals surface area contributed by atoms with Gasteiger partial charge in [0.15, 0.2) is 11.6 Å². The second kappa shape index (κ2) is 14.3. The molecule has 0 aliphatic heterocycles. The molecule has 0 spiro atoms. The van der Waals surface area contributed by atoms with E-state index in [0.717, 1.165) is 60.8 Å². The van der Waals surface area contributed by atoms with Crippen molar-refractivity contribution in [2.45, 2.75) is 0 Å². The highest BCUT2D eigenvalue weighted by Crippen LogP contribution is 2.41. The molecular weight excluding hydrogens is 741 g/mol. The summed E-state index contributed by atoms with van der Waals surface area (Å²) in [6.45, 7) is 0. The van der Waals surface area contributed by atoms with Crippen LogP contribution in [0.25, 0.3) is 116 Å². The molecule has 61 heavy (non-hydrogen) atoms. The molecule has 0 N–H and O–H groups in total. The molecule has 0 aliphatic carbocycles. The van der Waals surface area contributed by atoms with Gasteiger partial charge < -0.3 is 0 Å². The molecule has 0 atom stereocenters. The van der Waals surface area contributed by atoms with Gasteiger partial charge >= 0.3 is 0 Å². The molecule has 12 rings (SSSR count). The molecule has 0 radical (unpaired) electrons. The maximum atomic E-state index is 5.46. The zero-order chi connectivity index (χ0) is 40.3. The molecule has 10 aromatic carbocycles. The molecule has 4 heteroatoms. The summed E-state index contributed by atoms with van der Waals surface area (Å²) in [4.78, 5) is 16.1. The van der Waals surface area contributed by atoms with E-state index >= 15 is 0 Å². The first-order valence-corrected chi connectivity index (χ1v) is 20.7. The number of hydrogen-bond acceptors (Lipinski definition) is 3. The van der Waals surface area contributed by atoms with Gasteiger partial charge in [-0.3, -0.25) is 4.57 Å². The number of para-hydroxylation sites is 1. The van der Waals surface area contributed by atoms with Crippen molar-refractivity contribution in [3.05, 3.63) is 218 Å². The molecule has 0 aliphatic rings. The van der Waals surface area contributed by atoms with E-state index in [9.17, 15) is 0 Å². The minimum absolute atomic E-state index is 0.559. The number of hydrogen-bond donors (Lipinski definition) is 0. The first kappa shape index (κ1) is 34.8. The predicted molar refractivity (Wildman–Crippen MR) is 254 cm³/mol. The Morgan fingerprint density at radius 2 is 0.721 bits per heavy atom. The fourth-order valence-electron chi connectivity index (χ4n) is 9.17. The Hall–Kier alpha value is -8.21. The van der Waals surface area contributed by atoms with Gasteiger partial charge in [-0.2, -0.15) is 9.97 Å². The predicted octanol–water partition coefficient (Wildman–Crippen LogP) is 14.8. The molecule has 0 amide bonds. The monoisotopic (exact) mass is 776 g/mol. The highest BCUT2D eigenvalue weighted by atomic mass is 15.2. The van der Waals surface area contributed by atoms with Crippen molar-refractivity contribution < 1.29 is 0 Å². The Morgan fingerprint density at radius 3 is 1.38 bits per heavy atom. The number of nitrogens with zero attached hydrogens (tertiary/aromatic N) is 4. The quantitative estimate of drug-likeness (QED) is 0.158. The van der Waals surface area contributed by atoms with Crippen molar-refractivity contribution in [3.8, 4) is 62.1 Å². The first-order chi connectivity index (χ1) is 30.2. The van der Waals surface area contributed by atoms with Crippen LogP contribution in [0, 0.1) is 0 Å². The molecule has 2 aromatic heterocycles. The Morgan fingerprint density at radius 1 is 0.262 bits per heavy atom. The van der Waals surface area contributed by atoms with Gasteiger partial charge in [0, 0.05) is 27.5 Å². The fourth-order valence-corrected chi connectivity index (χ4v) is 9.17. The molecule has 4 nitrogen and oxygen atoms in total. The highest BCUT2D eigenvalue weighted by Gasteiger charge is 2.22. The summed E-state index contributed by atoms with van der Waals surface area (Å²) < 4.78 is 2.27. The number of aromatic nitrogens is 4. The standard InChI is InChI=1S/C57H36N4/c1-4-16-37(17-5-1)40-22-14-23-42(34-40)44-28-15-29-51-50-33-30-41(38-18-6-2-7-19-38)36-53(50)61(54(44)51)57-59-55(39-20-8-3-9-21-39)58-56(60-57)43-31-32-49-47-26-11-10-24-45(47)46-25-12-13-27-48(46)52(49)35-43/h1-36H. The Balaban J connectivity index is 1.16. The van der Waals surface area contributed by atoms with Crippen LogP contribution in [0.1, 0.15) is 0 Å².